The quantitative estimate of drug-likeness (QED) is 0.355. The van der Waals surface area contributed by atoms with Crippen molar-refractivity contribution >= 4 is 29.9 Å². The van der Waals surface area contributed by atoms with E-state index in [2.05, 4.69) is 21.7 Å². The average molecular weight is 481 g/mol. The lowest BCUT2D eigenvalue weighted by atomic mass is 9.96. The Morgan fingerprint density at radius 2 is 1.52 bits per heavy atom. The molecule has 0 spiro atoms. The van der Waals surface area contributed by atoms with Gasteiger partial charge in [0.05, 0.1) is 13.2 Å². The van der Waals surface area contributed by atoms with Gasteiger partial charge in [0.1, 0.15) is 11.5 Å². The summed E-state index contributed by atoms with van der Waals surface area (Å²) < 4.78 is 11.5. The predicted molar refractivity (Wildman–Crippen MR) is 120 cm³/mol. The second kappa shape index (κ2) is 11.0. The van der Waals surface area contributed by atoms with Gasteiger partial charge in [0.15, 0.2) is 5.96 Å². The van der Waals surface area contributed by atoms with Crippen LogP contribution in [0.5, 0.6) is 11.5 Å². The van der Waals surface area contributed by atoms with Gasteiger partial charge in [-0.1, -0.05) is 36.4 Å². The average Bonchev–Trinajstić information content (AvgIpc) is 2.66. The van der Waals surface area contributed by atoms with Crippen molar-refractivity contribution in [1.82, 2.24) is 10.6 Å². The summed E-state index contributed by atoms with van der Waals surface area (Å²) in [6.07, 6.45) is 3.96. The number of aliphatic imine (C=N–C) groups is 1. The minimum atomic E-state index is 0. The molecular weight excluding hydrogens is 453 g/mol. The zero-order valence-corrected chi connectivity index (χ0v) is 18.2. The minimum Gasteiger partial charge on any atom is -0.496 e. The van der Waals surface area contributed by atoms with E-state index >= 15 is 0 Å². The van der Waals surface area contributed by atoms with Gasteiger partial charge in [0, 0.05) is 31.3 Å². The lowest BCUT2D eigenvalue weighted by Gasteiger charge is -2.27. The second-order valence-corrected chi connectivity index (χ2v) is 6.37. The zero-order valence-electron chi connectivity index (χ0n) is 15.9. The van der Waals surface area contributed by atoms with Crippen LogP contribution in [0.15, 0.2) is 53.5 Å². The van der Waals surface area contributed by atoms with Crippen molar-refractivity contribution in [1.29, 1.82) is 0 Å². The number of hydrogen-bond donors (Lipinski definition) is 2. The number of ether oxygens (including phenoxy) is 2. The standard InChI is InChI=1S/C21H27N3O2.HI/c1-22-21(23-14-16-8-3-5-12-19(16)25-2)24-15-17-9-4-6-13-20(17)26-18-10-7-11-18;/h3-6,8-9,12-13,18H,7,10-11,14-15H2,1-2H3,(H2,22,23,24);1H. The van der Waals surface area contributed by atoms with Gasteiger partial charge >= 0.3 is 0 Å². The molecule has 3 rings (SSSR count). The smallest absolute Gasteiger partial charge is 0.191 e. The first-order valence-electron chi connectivity index (χ1n) is 9.11. The molecule has 1 aliphatic rings. The van der Waals surface area contributed by atoms with E-state index in [1.807, 2.05) is 42.5 Å². The molecule has 6 heteroatoms. The van der Waals surface area contributed by atoms with Gasteiger partial charge in [-0.15, -0.1) is 24.0 Å². The van der Waals surface area contributed by atoms with Gasteiger partial charge in [-0.25, -0.2) is 0 Å². The molecule has 5 nitrogen and oxygen atoms in total. The van der Waals surface area contributed by atoms with E-state index in [0.717, 1.165) is 41.4 Å². The SMILES string of the molecule is CN=C(NCc1ccccc1OC)NCc1ccccc1OC1CCC1.I. The van der Waals surface area contributed by atoms with Crippen molar-refractivity contribution < 1.29 is 9.47 Å². The summed E-state index contributed by atoms with van der Waals surface area (Å²) in [5, 5.41) is 6.69. The van der Waals surface area contributed by atoms with Crippen LogP contribution >= 0.6 is 24.0 Å². The monoisotopic (exact) mass is 481 g/mol. The molecule has 0 bridgehead atoms. The zero-order chi connectivity index (χ0) is 18.2. The first-order chi connectivity index (χ1) is 12.8. The van der Waals surface area contributed by atoms with Crippen molar-refractivity contribution in [2.75, 3.05) is 14.2 Å². The summed E-state index contributed by atoms with van der Waals surface area (Å²) in [5.74, 6) is 2.58. The molecule has 0 aliphatic heterocycles. The van der Waals surface area contributed by atoms with Crippen LogP contribution in [-0.2, 0) is 13.1 Å². The van der Waals surface area contributed by atoms with Crippen LogP contribution in [0.3, 0.4) is 0 Å². The topological polar surface area (TPSA) is 54.9 Å². The van der Waals surface area contributed by atoms with Gasteiger partial charge in [-0.2, -0.15) is 0 Å². The van der Waals surface area contributed by atoms with Crippen molar-refractivity contribution in [2.45, 2.75) is 38.5 Å². The highest BCUT2D eigenvalue weighted by atomic mass is 127. The molecule has 0 unspecified atom stereocenters. The molecule has 1 fully saturated rings. The molecule has 0 atom stereocenters. The maximum atomic E-state index is 6.09. The summed E-state index contributed by atoms with van der Waals surface area (Å²) in [6, 6.07) is 16.2. The van der Waals surface area contributed by atoms with Crippen molar-refractivity contribution in [2.24, 2.45) is 4.99 Å². The maximum absolute atomic E-state index is 6.09. The van der Waals surface area contributed by atoms with Crippen molar-refractivity contribution in [3.63, 3.8) is 0 Å². The minimum absolute atomic E-state index is 0. The molecule has 0 amide bonds. The Kier molecular flexibility index (Phi) is 8.71. The third-order valence-electron chi connectivity index (χ3n) is 4.63. The summed E-state index contributed by atoms with van der Waals surface area (Å²) in [6.45, 7) is 1.30. The van der Waals surface area contributed by atoms with Crippen molar-refractivity contribution in [3.8, 4) is 11.5 Å². The maximum Gasteiger partial charge on any atom is 0.191 e. The number of halogens is 1. The normalized spacial score (nSPS) is 13.9. The van der Waals surface area contributed by atoms with Crippen LogP contribution in [0.2, 0.25) is 0 Å². The number of benzene rings is 2. The molecule has 0 saturated heterocycles. The molecule has 2 aromatic carbocycles. The predicted octanol–water partition coefficient (Wildman–Crippen LogP) is 4.11. The fourth-order valence-corrected chi connectivity index (χ4v) is 2.86. The van der Waals surface area contributed by atoms with Crippen LogP contribution in [0.4, 0.5) is 0 Å². The van der Waals surface area contributed by atoms with Crippen LogP contribution in [-0.4, -0.2) is 26.2 Å². The van der Waals surface area contributed by atoms with Gasteiger partial charge in [0.25, 0.3) is 0 Å². The Morgan fingerprint density at radius 3 is 2.04 bits per heavy atom. The first kappa shape index (κ1) is 21.3. The van der Waals surface area contributed by atoms with Crippen LogP contribution < -0.4 is 20.1 Å². The van der Waals surface area contributed by atoms with Gasteiger partial charge in [-0.05, 0) is 31.4 Å². The third kappa shape index (κ3) is 6.02. The van der Waals surface area contributed by atoms with E-state index in [1.54, 1.807) is 14.2 Å². The summed E-state index contributed by atoms with van der Waals surface area (Å²) in [4.78, 5) is 4.30. The van der Waals surface area contributed by atoms with E-state index in [9.17, 15) is 0 Å². The molecule has 2 aromatic rings. The highest BCUT2D eigenvalue weighted by Gasteiger charge is 2.20. The molecule has 146 valence electrons. The molecular formula is C21H28IN3O2. The Morgan fingerprint density at radius 1 is 0.963 bits per heavy atom. The highest BCUT2D eigenvalue weighted by Crippen LogP contribution is 2.27. The fourth-order valence-electron chi connectivity index (χ4n) is 2.86. The second-order valence-electron chi connectivity index (χ2n) is 6.37. The number of para-hydroxylation sites is 2. The van der Waals surface area contributed by atoms with Gasteiger partial charge in [0.2, 0.25) is 0 Å². The third-order valence-corrected chi connectivity index (χ3v) is 4.63. The van der Waals surface area contributed by atoms with Crippen LogP contribution in [0.1, 0.15) is 30.4 Å². The lowest BCUT2D eigenvalue weighted by molar-refractivity contribution is 0.119. The number of nitrogens with one attached hydrogen (secondary N) is 2. The largest absolute Gasteiger partial charge is 0.496 e. The Labute approximate surface area is 178 Å². The first-order valence-corrected chi connectivity index (χ1v) is 9.11. The highest BCUT2D eigenvalue weighted by molar-refractivity contribution is 14.0. The number of hydrogen-bond acceptors (Lipinski definition) is 3. The molecule has 0 heterocycles. The molecule has 2 N–H and O–H groups in total. The van der Waals surface area contributed by atoms with Crippen molar-refractivity contribution in [3.05, 3.63) is 59.7 Å². The molecule has 0 radical (unpaired) electrons. The van der Waals surface area contributed by atoms with Gasteiger partial charge in [-0.3, -0.25) is 4.99 Å². The van der Waals surface area contributed by atoms with E-state index in [0.29, 0.717) is 19.2 Å². The van der Waals surface area contributed by atoms with E-state index in [4.69, 9.17) is 9.47 Å². The Hall–Kier alpha value is -1.96. The van der Waals surface area contributed by atoms with E-state index < -0.39 is 0 Å². The molecule has 1 aliphatic carbocycles. The number of methoxy groups -OCH3 is 1. The summed E-state index contributed by atoms with van der Waals surface area (Å²) in [7, 11) is 3.46. The summed E-state index contributed by atoms with van der Waals surface area (Å²) in [5.41, 5.74) is 2.23. The van der Waals surface area contributed by atoms with Crippen LogP contribution in [0.25, 0.3) is 0 Å². The Bertz CT molecular complexity index is 748. The number of nitrogens with zero attached hydrogens (tertiary/aromatic N) is 1. The molecule has 27 heavy (non-hydrogen) atoms. The van der Waals surface area contributed by atoms with Gasteiger partial charge < -0.3 is 20.1 Å². The molecule has 0 aromatic heterocycles. The molecule has 1 saturated carbocycles. The van der Waals surface area contributed by atoms with E-state index in [1.165, 1.54) is 6.42 Å². The fraction of sp³-hybridized carbons (Fsp3) is 0.381. The van der Waals surface area contributed by atoms with Crippen LogP contribution in [0, 0.1) is 0 Å². The van der Waals surface area contributed by atoms with E-state index in [-0.39, 0.29) is 24.0 Å². The summed E-state index contributed by atoms with van der Waals surface area (Å²) >= 11 is 0. The Balaban J connectivity index is 0.00000261. The number of rotatable bonds is 7. The number of guanidine groups is 1. The lowest BCUT2D eigenvalue weighted by Crippen LogP contribution is -2.36.